The molecule has 1 aliphatic heterocycles. The quantitative estimate of drug-likeness (QED) is 0.719. The van der Waals surface area contributed by atoms with Crippen molar-refractivity contribution in [1.29, 1.82) is 0 Å². The Morgan fingerprint density at radius 2 is 1.69 bits per heavy atom. The minimum atomic E-state index is -0.260. The first-order valence-corrected chi connectivity index (χ1v) is 10.5. The Hall–Kier alpha value is -2.08. The third-order valence-corrected chi connectivity index (χ3v) is 5.68. The van der Waals surface area contributed by atoms with E-state index in [1.54, 1.807) is 0 Å². The topological polar surface area (TPSA) is 53.6 Å². The highest BCUT2D eigenvalue weighted by Crippen LogP contribution is 2.28. The van der Waals surface area contributed by atoms with E-state index in [0.29, 0.717) is 13.1 Å². The third kappa shape index (κ3) is 6.20. The molecule has 6 heteroatoms. The number of benzene rings is 2. The van der Waals surface area contributed by atoms with Crippen molar-refractivity contribution in [3.8, 4) is 0 Å². The first-order valence-electron chi connectivity index (χ1n) is 10.1. The van der Waals surface area contributed by atoms with Gasteiger partial charge in [0.1, 0.15) is 0 Å². The molecule has 0 aromatic heterocycles. The Balaban J connectivity index is 1.52. The van der Waals surface area contributed by atoms with E-state index >= 15 is 0 Å². The van der Waals surface area contributed by atoms with Crippen LogP contribution in [-0.2, 0) is 23.2 Å². The molecule has 2 amide bonds. The van der Waals surface area contributed by atoms with Gasteiger partial charge in [0.15, 0.2) is 0 Å². The summed E-state index contributed by atoms with van der Waals surface area (Å²) in [5.74, 6) is 0. The molecule has 5 nitrogen and oxygen atoms in total. The fraction of sp³-hybridized carbons (Fsp3) is 0.435. The molecule has 0 atom stereocenters. The first-order chi connectivity index (χ1) is 14.0. The average molecular weight is 416 g/mol. The lowest BCUT2D eigenvalue weighted by Gasteiger charge is -2.28. The van der Waals surface area contributed by atoms with E-state index in [1.165, 1.54) is 5.56 Å². The van der Waals surface area contributed by atoms with Gasteiger partial charge in [0.05, 0.1) is 13.2 Å². The number of nitrogens with zero attached hydrogens (tertiary/aromatic N) is 1. The molecule has 29 heavy (non-hydrogen) atoms. The molecule has 1 heterocycles. The predicted octanol–water partition coefficient (Wildman–Crippen LogP) is 3.95. The number of carbonyl (C=O) groups excluding carboxylic acids is 1. The van der Waals surface area contributed by atoms with E-state index in [0.717, 1.165) is 49.0 Å². The lowest BCUT2D eigenvalue weighted by Crippen LogP contribution is -2.42. The van der Waals surface area contributed by atoms with Gasteiger partial charge in [-0.15, -0.1) is 0 Å². The molecule has 0 unspecified atom stereocenters. The van der Waals surface area contributed by atoms with E-state index in [-0.39, 0.29) is 11.4 Å². The lowest BCUT2D eigenvalue weighted by molar-refractivity contribution is 0.0341. The number of nitrogens with one attached hydrogen (secondary N) is 2. The van der Waals surface area contributed by atoms with Gasteiger partial charge in [0.2, 0.25) is 0 Å². The Bertz CT molecular complexity index is 819. The van der Waals surface area contributed by atoms with Gasteiger partial charge < -0.3 is 15.4 Å². The SMILES string of the molecule is CC(C)(CNC(=O)NCc1ccccc1CN1CCOCC1)c1ccccc1Cl. The summed E-state index contributed by atoms with van der Waals surface area (Å²) in [5.41, 5.74) is 3.15. The molecule has 156 valence electrons. The summed E-state index contributed by atoms with van der Waals surface area (Å²) in [6.45, 7) is 9.48. The second kappa shape index (κ2) is 10.1. The molecule has 3 rings (SSSR count). The summed E-state index contributed by atoms with van der Waals surface area (Å²) in [4.78, 5) is 14.8. The number of amides is 2. The second-order valence-electron chi connectivity index (χ2n) is 8.06. The van der Waals surface area contributed by atoms with E-state index < -0.39 is 0 Å². The van der Waals surface area contributed by atoms with Crippen molar-refractivity contribution in [2.24, 2.45) is 0 Å². The van der Waals surface area contributed by atoms with Gasteiger partial charge in [0, 0.05) is 43.2 Å². The monoisotopic (exact) mass is 415 g/mol. The summed E-state index contributed by atoms with van der Waals surface area (Å²) in [5, 5.41) is 6.69. The highest BCUT2D eigenvalue weighted by molar-refractivity contribution is 6.31. The fourth-order valence-corrected chi connectivity index (χ4v) is 3.92. The summed E-state index contributed by atoms with van der Waals surface area (Å²) < 4.78 is 5.43. The maximum absolute atomic E-state index is 12.4. The van der Waals surface area contributed by atoms with Crippen LogP contribution in [0.3, 0.4) is 0 Å². The van der Waals surface area contributed by atoms with Crippen LogP contribution in [0.15, 0.2) is 48.5 Å². The predicted molar refractivity (Wildman–Crippen MR) is 117 cm³/mol. The van der Waals surface area contributed by atoms with Crippen molar-refractivity contribution in [3.05, 3.63) is 70.2 Å². The third-order valence-electron chi connectivity index (χ3n) is 5.35. The van der Waals surface area contributed by atoms with E-state index in [4.69, 9.17) is 16.3 Å². The number of halogens is 1. The number of hydrogen-bond acceptors (Lipinski definition) is 3. The van der Waals surface area contributed by atoms with Crippen LogP contribution < -0.4 is 10.6 Å². The molecule has 2 aromatic carbocycles. The molecule has 1 aliphatic rings. The van der Waals surface area contributed by atoms with Crippen LogP contribution in [0.5, 0.6) is 0 Å². The van der Waals surface area contributed by atoms with E-state index in [9.17, 15) is 4.79 Å². The van der Waals surface area contributed by atoms with Crippen molar-refractivity contribution in [3.63, 3.8) is 0 Å². The number of rotatable bonds is 7. The normalized spacial score (nSPS) is 15.1. The van der Waals surface area contributed by atoms with Crippen LogP contribution >= 0.6 is 11.6 Å². The minimum absolute atomic E-state index is 0.175. The largest absolute Gasteiger partial charge is 0.379 e. The summed E-state index contributed by atoms with van der Waals surface area (Å²) in [7, 11) is 0. The molecule has 0 saturated carbocycles. The fourth-order valence-electron chi connectivity index (χ4n) is 3.53. The summed E-state index contributed by atoms with van der Waals surface area (Å²) in [6.07, 6.45) is 0. The number of carbonyl (C=O) groups is 1. The van der Waals surface area contributed by atoms with Gasteiger partial charge in [-0.2, -0.15) is 0 Å². The summed E-state index contributed by atoms with van der Waals surface area (Å²) >= 11 is 6.32. The van der Waals surface area contributed by atoms with Crippen LogP contribution in [0.25, 0.3) is 0 Å². The average Bonchev–Trinajstić information content (AvgIpc) is 2.73. The first kappa shape index (κ1) is 21.6. The van der Waals surface area contributed by atoms with Crippen LogP contribution in [0.2, 0.25) is 5.02 Å². The van der Waals surface area contributed by atoms with Gasteiger partial charge in [-0.1, -0.05) is 67.9 Å². The van der Waals surface area contributed by atoms with Crippen LogP contribution in [-0.4, -0.2) is 43.8 Å². The molecular formula is C23H30ClN3O2. The highest BCUT2D eigenvalue weighted by Gasteiger charge is 2.23. The maximum Gasteiger partial charge on any atom is 0.315 e. The second-order valence-corrected chi connectivity index (χ2v) is 8.46. The molecule has 1 fully saturated rings. The van der Waals surface area contributed by atoms with Crippen molar-refractivity contribution >= 4 is 17.6 Å². The minimum Gasteiger partial charge on any atom is -0.379 e. The molecule has 0 spiro atoms. The molecule has 0 bridgehead atoms. The molecule has 2 aromatic rings. The van der Waals surface area contributed by atoms with Crippen molar-refractivity contribution in [1.82, 2.24) is 15.5 Å². The van der Waals surface area contributed by atoms with Crippen molar-refractivity contribution < 1.29 is 9.53 Å². The molecule has 0 aliphatic carbocycles. The Kier molecular flexibility index (Phi) is 7.53. The molecule has 0 radical (unpaired) electrons. The van der Waals surface area contributed by atoms with Crippen LogP contribution in [0, 0.1) is 0 Å². The molecule has 1 saturated heterocycles. The zero-order chi connectivity index (χ0) is 20.7. The number of ether oxygens (including phenoxy) is 1. The molecular weight excluding hydrogens is 386 g/mol. The lowest BCUT2D eigenvalue weighted by atomic mass is 9.84. The van der Waals surface area contributed by atoms with Gasteiger partial charge in [-0.25, -0.2) is 4.79 Å². The number of hydrogen-bond donors (Lipinski definition) is 2. The van der Waals surface area contributed by atoms with Crippen molar-refractivity contribution in [2.45, 2.75) is 32.4 Å². The highest BCUT2D eigenvalue weighted by atomic mass is 35.5. The zero-order valence-corrected chi connectivity index (χ0v) is 18.0. The number of urea groups is 1. The Morgan fingerprint density at radius 1 is 1.03 bits per heavy atom. The summed E-state index contributed by atoms with van der Waals surface area (Å²) in [6, 6.07) is 15.9. The Labute approximate surface area is 178 Å². The zero-order valence-electron chi connectivity index (χ0n) is 17.2. The van der Waals surface area contributed by atoms with Gasteiger partial charge in [-0.05, 0) is 22.8 Å². The standard InChI is InChI=1S/C23H30ClN3O2/c1-23(2,20-9-5-6-10-21(20)24)17-26-22(28)25-15-18-7-3-4-8-19(18)16-27-11-13-29-14-12-27/h3-10H,11-17H2,1-2H3,(H2,25,26,28). The van der Waals surface area contributed by atoms with E-state index in [1.807, 2.05) is 36.4 Å². The number of morpholine rings is 1. The van der Waals surface area contributed by atoms with Gasteiger partial charge in [-0.3, -0.25) is 4.90 Å². The van der Waals surface area contributed by atoms with Gasteiger partial charge in [0.25, 0.3) is 0 Å². The van der Waals surface area contributed by atoms with Crippen LogP contribution in [0.4, 0.5) is 4.79 Å². The van der Waals surface area contributed by atoms with E-state index in [2.05, 4.69) is 41.5 Å². The molecule has 2 N–H and O–H groups in total. The maximum atomic E-state index is 12.4. The Morgan fingerprint density at radius 3 is 2.41 bits per heavy atom. The smallest absolute Gasteiger partial charge is 0.315 e. The van der Waals surface area contributed by atoms with Gasteiger partial charge >= 0.3 is 6.03 Å². The van der Waals surface area contributed by atoms with Crippen molar-refractivity contribution in [2.75, 3.05) is 32.8 Å². The van der Waals surface area contributed by atoms with Crippen LogP contribution in [0.1, 0.15) is 30.5 Å².